The summed E-state index contributed by atoms with van der Waals surface area (Å²) in [5.41, 5.74) is 9.54. The van der Waals surface area contributed by atoms with Crippen LogP contribution in [0.15, 0.2) is 36.5 Å². The summed E-state index contributed by atoms with van der Waals surface area (Å²) in [5, 5.41) is 7.72. The van der Waals surface area contributed by atoms with Crippen LogP contribution in [0.2, 0.25) is 0 Å². The Morgan fingerprint density at radius 3 is 2.37 bits per heavy atom. The van der Waals surface area contributed by atoms with Crippen molar-refractivity contribution < 1.29 is 0 Å². The summed E-state index contributed by atoms with van der Waals surface area (Å²) >= 11 is 0. The average molecular weight is 254 g/mol. The Balaban J connectivity index is 2.49. The van der Waals surface area contributed by atoms with Gasteiger partial charge in [0.2, 0.25) is 0 Å². The quantitative estimate of drug-likeness (QED) is 0.654. The number of nitrogens with zero attached hydrogens (tertiary/aromatic N) is 2. The van der Waals surface area contributed by atoms with E-state index in [0.29, 0.717) is 11.4 Å². The summed E-state index contributed by atoms with van der Waals surface area (Å²) in [6, 6.07) is 10.0. The summed E-state index contributed by atoms with van der Waals surface area (Å²) in [6.45, 7) is 3.99. The van der Waals surface area contributed by atoms with E-state index in [9.17, 15) is 0 Å². The van der Waals surface area contributed by atoms with Crippen LogP contribution in [0, 0.1) is 19.3 Å². The summed E-state index contributed by atoms with van der Waals surface area (Å²) in [7, 11) is 1.93. The highest BCUT2D eigenvalue weighted by molar-refractivity contribution is 6.01. The average Bonchev–Trinajstić information content (AvgIpc) is 2.38. The van der Waals surface area contributed by atoms with Gasteiger partial charge in [-0.25, -0.2) is 4.98 Å². The Bertz CT molecular complexity index is 602. The lowest BCUT2D eigenvalue weighted by Gasteiger charge is -2.22. The molecule has 2 aromatic rings. The van der Waals surface area contributed by atoms with Gasteiger partial charge in [-0.2, -0.15) is 0 Å². The lowest BCUT2D eigenvalue weighted by molar-refractivity contribution is 1.10. The van der Waals surface area contributed by atoms with Crippen LogP contribution >= 0.6 is 0 Å². The summed E-state index contributed by atoms with van der Waals surface area (Å²) in [5.74, 6) is 0.746. The molecule has 0 saturated carbocycles. The van der Waals surface area contributed by atoms with Crippen molar-refractivity contribution in [3.05, 3.63) is 53.2 Å². The van der Waals surface area contributed by atoms with Gasteiger partial charge in [-0.05, 0) is 37.6 Å². The number of hydrogen-bond donors (Lipinski definition) is 2. The minimum Gasteiger partial charge on any atom is -0.384 e. The molecule has 4 heteroatoms. The van der Waals surface area contributed by atoms with Crippen LogP contribution in [0.25, 0.3) is 0 Å². The number of anilines is 2. The highest BCUT2D eigenvalue weighted by Crippen LogP contribution is 2.26. The largest absolute Gasteiger partial charge is 0.384 e. The van der Waals surface area contributed by atoms with Gasteiger partial charge in [0, 0.05) is 18.9 Å². The number of nitrogens with one attached hydrogen (secondary N) is 1. The van der Waals surface area contributed by atoms with E-state index >= 15 is 0 Å². The van der Waals surface area contributed by atoms with Gasteiger partial charge in [0.05, 0.1) is 5.56 Å². The molecule has 4 nitrogen and oxygen atoms in total. The Morgan fingerprint density at radius 1 is 1.16 bits per heavy atom. The van der Waals surface area contributed by atoms with E-state index in [0.717, 1.165) is 11.3 Å². The molecule has 0 amide bonds. The third-order valence-electron chi connectivity index (χ3n) is 3.15. The number of rotatable bonds is 3. The first-order valence-corrected chi connectivity index (χ1v) is 6.11. The molecule has 19 heavy (non-hydrogen) atoms. The monoisotopic (exact) mass is 254 g/mol. The van der Waals surface area contributed by atoms with Gasteiger partial charge < -0.3 is 10.6 Å². The standard InChI is InChI=1S/C15H18N4/c1-10-4-6-12(7-5-10)19(3)15-13(14(16)17)11(2)8-9-18-15/h4-9H,1-3H3,(H3,16,17). The molecule has 3 N–H and O–H groups in total. The Morgan fingerprint density at radius 2 is 1.79 bits per heavy atom. The molecule has 0 fully saturated rings. The van der Waals surface area contributed by atoms with E-state index < -0.39 is 0 Å². The van der Waals surface area contributed by atoms with Crippen LogP contribution in [-0.2, 0) is 0 Å². The minimum atomic E-state index is 0.0413. The fourth-order valence-electron chi connectivity index (χ4n) is 2.02. The highest BCUT2D eigenvalue weighted by Gasteiger charge is 2.14. The zero-order valence-corrected chi connectivity index (χ0v) is 11.4. The molecule has 0 bridgehead atoms. The lowest BCUT2D eigenvalue weighted by Crippen LogP contribution is -2.21. The number of amidine groups is 1. The van der Waals surface area contributed by atoms with E-state index in [1.54, 1.807) is 6.20 Å². The maximum atomic E-state index is 7.72. The van der Waals surface area contributed by atoms with Crippen molar-refractivity contribution in [1.29, 1.82) is 5.41 Å². The van der Waals surface area contributed by atoms with Crippen molar-refractivity contribution in [3.63, 3.8) is 0 Å². The lowest BCUT2D eigenvalue weighted by atomic mass is 10.1. The second-order valence-corrected chi connectivity index (χ2v) is 4.63. The maximum absolute atomic E-state index is 7.72. The smallest absolute Gasteiger partial charge is 0.143 e. The Hall–Kier alpha value is -2.36. The van der Waals surface area contributed by atoms with Crippen LogP contribution in [0.4, 0.5) is 11.5 Å². The zero-order valence-electron chi connectivity index (χ0n) is 11.4. The zero-order chi connectivity index (χ0) is 14.0. The van der Waals surface area contributed by atoms with Crippen molar-refractivity contribution in [2.45, 2.75) is 13.8 Å². The third kappa shape index (κ3) is 2.57. The van der Waals surface area contributed by atoms with E-state index in [1.165, 1.54) is 5.56 Å². The fourth-order valence-corrected chi connectivity index (χ4v) is 2.02. The van der Waals surface area contributed by atoms with Crippen LogP contribution in [0.3, 0.4) is 0 Å². The SMILES string of the molecule is Cc1ccc(N(C)c2nccc(C)c2C(=N)N)cc1. The fraction of sp³-hybridized carbons (Fsp3) is 0.200. The van der Waals surface area contributed by atoms with Gasteiger partial charge in [-0.15, -0.1) is 0 Å². The number of hydrogen-bond acceptors (Lipinski definition) is 3. The summed E-state index contributed by atoms with van der Waals surface area (Å²) in [6.07, 6.45) is 1.74. The van der Waals surface area contributed by atoms with Crippen molar-refractivity contribution in [3.8, 4) is 0 Å². The van der Waals surface area contributed by atoms with E-state index in [-0.39, 0.29) is 5.84 Å². The summed E-state index contributed by atoms with van der Waals surface area (Å²) < 4.78 is 0. The molecule has 1 aromatic carbocycles. The number of aryl methyl sites for hydroxylation is 2. The van der Waals surface area contributed by atoms with Gasteiger partial charge in [0.1, 0.15) is 11.7 Å². The van der Waals surface area contributed by atoms with Gasteiger partial charge in [-0.1, -0.05) is 17.7 Å². The topological polar surface area (TPSA) is 66.0 Å². The van der Waals surface area contributed by atoms with E-state index in [1.807, 2.05) is 37.1 Å². The molecule has 0 saturated heterocycles. The molecule has 0 spiro atoms. The Labute approximate surface area is 113 Å². The van der Waals surface area contributed by atoms with Crippen molar-refractivity contribution in [1.82, 2.24) is 4.98 Å². The molecule has 98 valence electrons. The number of aromatic nitrogens is 1. The molecule has 0 aliphatic carbocycles. The number of nitrogens with two attached hydrogens (primary N) is 1. The molecular weight excluding hydrogens is 236 g/mol. The van der Waals surface area contributed by atoms with Gasteiger partial charge in [0.15, 0.2) is 0 Å². The predicted octanol–water partition coefficient (Wildman–Crippen LogP) is 2.75. The first-order valence-electron chi connectivity index (χ1n) is 6.11. The van der Waals surface area contributed by atoms with Crippen LogP contribution in [0.1, 0.15) is 16.7 Å². The maximum Gasteiger partial charge on any atom is 0.143 e. The molecule has 0 atom stereocenters. The first kappa shape index (κ1) is 13.1. The van der Waals surface area contributed by atoms with Crippen molar-refractivity contribution >= 4 is 17.3 Å². The van der Waals surface area contributed by atoms with Crippen LogP contribution in [-0.4, -0.2) is 17.9 Å². The van der Waals surface area contributed by atoms with Gasteiger partial charge >= 0.3 is 0 Å². The van der Waals surface area contributed by atoms with E-state index in [4.69, 9.17) is 11.1 Å². The molecule has 1 aromatic heterocycles. The van der Waals surface area contributed by atoms with E-state index in [2.05, 4.69) is 24.0 Å². The molecule has 0 radical (unpaired) electrons. The number of nitrogen functional groups attached to an aromatic ring is 1. The molecule has 0 aliphatic rings. The molecule has 2 rings (SSSR count). The number of pyridine rings is 1. The summed E-state index contributed by atoms with van der Waals surface area (Å²) in [4.78, 5) is 6.31. The third-order valence-corrected chi connectivity index (χ3v) is 3.15. The van der Waals surface area contributed by atoms with Crippen molar-refractivity contribution in [2.24, 2.45) is 5.73 Å². The first-order chi connectivity index (χ1) is 9.00. The second kappa shape index (κ2) is 5.10. The van der Waals surface area contributed by atoms with Crippen LogP contribution in [0.5, 0.6) is 0 Å². The van der Waals surface area contributed by atoms with Crippen molar-refractivity contribution in [2.75, 3.05) is 11.9 Å². The molecular formula is C15H18N4. The van der Waals surface area contributed by atoms with Gasteiger partial charge in [-0.3, -0.25) is 5.41 Å². The Kier molecular flexibility index (Phi) is 3.51. The molecule has 1 heterocycles. The minimum absolute atomic E-state index is 0.0413. The predicted molar refractivity (Wildman–Crippen MR) is 79.2 cm³/mol. The second-order valence-electron chi connectivity index (χ2n) is 4.63. The van der Waals surface area contributed by atoms with Gasteiger partial charge in [0.25, 0.3) is 0 Å². The molecule has 0 aliphatic heterocycles. The molecule has 0 unspecified atom stereocenters. The highest BCUT2D eigenvalue weighted by atomic mass is 15.2. The normalized spacial score (nSPS) is 10.3. The number of benzene rings is 1. The van der Waals surface area contributed by atoms with Crippen LogP contribution < -0.4 is 10.6 Å².